The number of hydrogen-bond acceptors (Lipinski definition) is 2. The van der Waals surface area contributed by atoms with Crippen molar-refractivity contribution >= 4 is 23.0 Å². The largest absolute Gasteiger partial charge is 0.507 e. The van der Waals surface area contributed by atoms with Gasteiger partial charge in [0.2, 0.25) is 0 Å². The average molecular weight is 313 g/mol. The number of aryl methyl sites for hydroxylation is 2. The van der Waals surface area contributed by atoms with Crippen molar-refractivity contribution in [2.24, 2.45) is 0 Å². The molecule has 0 amide bonds. The number of ketones is 1. The summed E-state index contributed by atoms with van der Waals surface area (Å²) < 4.78 is 0. The van der Waals surface area contributed by atoms with E-state index in [0.29, 0.717) is 22.6 Å². The second kappa shape index (κ2) is 5.62. The van der Waals surface area contributed by atoms with Crippen LogP contribution in [-0.2, 0) is 12.8 Å². The van der Waals surface area contributed by atoms with E-state index in [9.17, 15) is 9.90 Å². The highest BCUT2D eigenvalue weighted by Crippen LogP contribution is 2.36. The molecule has 0 spiro atoms. The first-order valence-electron chi connectivity index (χ1n) is 7.36. The molecule has 2 aromatic rings. The van der Waals surface area contributed by atoms with Crippen LogP contribution in [-0.4, -0.2) is 10.9 Å². The zero-order valence-corrected chi connectivity index (χ0v) is 13.4. The molecule has 1 N–H and O–H groups in total. The molecule has 0 fully saturated rings. The van der Waals surface area contributed by atoms with Crippen LogP contribution in [0.15, 0.2) is 36.4 Å². The fourth-order valence-corrected chi connectivity index (χ4v) is 3.24. The second-order valence-corrected chi connectivity index (χ2v) is 6.03. The zero-order valence-electron chi connectivity index (χ0n) is 12.6. The zero-order chi connectivity index (χ0) is 15.9. The number of fused-ring (bicyclic) bond motifs is 1. The van der Waals surface area contributed by atoms with Crippen LogP contribution in [0.4, 0.5) is 0 Å². The van der Waals surface area contributed by atoms with E-state index in [4.69, 9.17) is 11.6 Å². The van der Waals surface area contributed by atoms with Crippen LogP contribution in [0.5, 0.6) is 5.75 Å². The number of phenolic OH excluding ortho intramolecular Hbond substituents is 1. The summed E-state index contributed by atoms with van der Waals surface area (Å²) in [5.74, 6) is 0.160. The van der Waals surface area contributed by atoms with E-state index in [1.807, 2.05) is 13.0 Å². The number of allylic oxidation sites excluding steroid dienone is 2. The summed E-state index contributed by atoms with van der Waals surface area (Å²) in [6.07, 6.45) is 3.03. The average Bonchev–Trinajstić information content (AvgIpc) is 2.50. The van der Waals surface area contributed by atoms with Gasteiger partial charge in [-0.3, -0.25) is 4.79 Å². The molecule has 0 atom stereocenters. The van der Waals surface area contributed by atoms with Gasteiger partial charge in [0.15, 0.2) is 5.78 Å². The molecule has 0 radical (unpaired) electrons. The molecule has 0 heterocycles. The smallest absolute Gasteiger partial charge is 0.186 e. The van der Waals surface area contributed by atoms with Crippen LogP contribution in [0.25, 0.3) is 5.57 Å². The Bertz CT molecular complexity index is 803. The maximum Gasteiger partial charge on any atom is 0.186 e. The first-order valence-corrected chi connectivity index (χ1v) is 7.74. The van der Waals surface area contributed by atoms with Gasteiger partial charge in [-0.1, -0.05) is 30.7 Å². The van der Waals surface area contributed by atoms with Gasteiger partial charge in [-0.05, 0) is 59.9 Å². The summed E-state index contributed by atoms with van der Waals surface area (Å²) in [6.45, 7) is 4.08. The lowest BCUT2D eigenvalue weighted by Gasteiger charge is -2.19. The lowest BCUT2D eigenvalue weighted by molar-refractivity contribution is 0.104. The first kappa shape index (κ1) is 14.9. The third-order valence-electron chi connectivity index (χ3n) is 4.24. The standard InChI is InChI=1S/C19H17ClO2/c1-3-12-9-19(22)15(7-11(12)2)13-8-16-14(18(21)10-13)5-4-6-17(16)20/h4-7,9-10,22H,3,8H2,1-2H3. The van der Waals surface area contributed by atoms with E-state index in [1.54, 1.807) is 30.3 Å². The van der Waals surface area contributed by atoms with Crippen molar-refractivity contribution in [1.29, 1.82) is 0 Å². The Morgan fingerprint density at radius 3 is 2.73 bits per heavy atom. The van der Waals surface area contributed by atoms with Crippen molar-refractivity contribution < 1.29 is 9.90 Å². The molecule has 1 aliphatic rings. The molecule has 0 saturated heterocycles. The number of rotatable bonds is 2. The van der Waals surface area contributed by atoms with Crippen molar-refractivity contribution in [3.05, 3.63) is 69.2 Å². The number of carbonyl (C=O) groups is 1. The minimum Gasteiger partial charge on any atom is -0.507 e. The van der Waals surface area contributed by atoms with E-state index < -0.39 is 0 Å². The fourth-order valence-electron chi connectivity index (χ4n) is 3.00. The number of benzene rings is 2. The summed E-state index contributed by atoms with van der Waals surface area (Å²) in [5.41, 5.74) is 5.25. The number of hydrogen-bond donors (Lipinski definition) is 1. The highest BCUT2D eigenvalue weighted by molar-refractivity contribution is 6.32. The maximum absolute atomic E-state index is 12.3. The Labute approximate surface area is 135 Å². The number of phenols is 1. The SMILES string of the molecule is CCc1cc(O)c(C2=CC(=O)c3cccc(Cl)c3C2)cc1C. The van der Waals surface area contributed by atoms with Crippen LogP contribution < -0.4 is 0 Å². The maximum atomic E-state index is 12.3. The molecule has 0 bridgehead atoms. The molecule has 0 aromatic heterocycles. The lowest BCUT2D eigenvalue weighted by atomic mass is 9.86. The minimum absolute atomic E-state index is 0.0598. The number of halogens is 1. The molecule has 22 heavy (non-hydrogen) atoms. The summed E-state index contributed by atoms with van der Waals surface area (Å²) >= 11 is 6.24. The molecule has 0 aliphatic heterocycles. The molecule has 2 nitrogen and oxygen atoms in total. The van der Waals surface area contributed by atoms with E-state index in [1.165, 1.54) is 0 Å². The second-order valence-electron chi connectivity index (χ2n) is 5.63. The molecular formula is C19H17ClO2. The fraction of sp³-hybridized carbons (Fsp3) is 0.211. The van der Waals surface area contributed by atoms with Crippen LogP contribution in [0.3, 0.4) is 0 Å². The van der Waals surface area contributed by atoms with Gasteiger partial charge in [0.05, 0.1) is 0 Å². The molecule has 3 rings (SSSR count). The van der Waals surface area contributed by atoms with Gasteiger partial charge < -0.3 is 5.11 Å². The summed E-state index contributed by atoms with van der Waals surface area (Å²) in [6, 6.07) is 9.12. The number of aromatic hydroxyl groups is 1. The molecule has 2 aromatic carbocycles. The molecule has 1 aliphatic carbocycles. The third-order valence-corrected chi connectivity index (χ3v) is 4.59. The molecule has 3 heteroatoms. The predicted octanol–water partition coefficient (Wildman–Crippen LogP) is 4.74. The summed E-state index contributed by atoms with van der Waals surface area (Å²) in [7, 11) is 0. The van der Waals surface area contributed by atoms with Gasteiger partial charge in [0.1, 0.15) is 5.75 Å². The van der Waals surface area contributed by atoms with Crippen molar-refractivity contribution in [3.63, 3.8) is 0 Å². The van der Waals surface area contributed by atoms with Crippen LogP contribution in [0, 0.1) is 6.92 Å². The lowest BCUT2D eigenvalue weighted by Crippen LogP contribution is -2.10. The Morgan fingerprint density at radius 2 is 2.00 bits per heavy atom. The summed E-state index contributed by atoms with van der Waals surface area (Å²) in [5, 5.41) is 10.9. The van der Waals surface area contributed by atoms with Crippen molar-refractivity contribution in [2.75, 3.05) is 0 Å². The van der Waals surface area contributed by atoms with Gasteiger partial charge in [-0.25, -0.2) is 0 Å². The predicted molar refractivity (Wildman–Crippen MR) is 89.7 cm³/mol. The molecule has 0 saturated carbocycles. The van der Waals surface area contributed by atoms with E-state index in [0.717, 1.165) is 28.7 Å². The highest BCUT2D eigenvalue weighted by Gasteiger charge is 2.22. The Balaban J connectivity index is 2.10. The van der Waals surface area contributed by atoms with Crippen molar-refractivity contribution in [3.8, 4) is 5.75 Å². The van der Waals surface area contributed by atoms with Gasteiger partial charge in [0.25, 0.3) is 0 Å². The monoisotopic (exact) mass is 312 g/mol. The topological polar surface area (TPSA) is 37.3 Å². The van der Waals surface area contributed by atoms with E-state index in [-0.39, 0.29) is 11.5 Å². The summed E-state index contributed by atoms with van der Waals surface area (Å²) in [4.78, 5) is 12.3. The highest BCUT2D eigenvalue weighted by atomic mass is 35.5. The van der Waals surface area contributed by atoms with E-state index in [2.05, 4.69) is 6.92 Å². The van der Waals surface area contributed by atoms with Gasteiger partial charge in [0, 0.05) is 22.6 Å². The van der Waals surface area contributed by atoms with Gasteiger partial charge in [-0.2, -0.15) is 0 Å². The number of carbonyl (C=O) groups excluding carboxylic acids is 1. The normalized spacial score (nSPS) is 13.8. The quantitative estimate of drug-likeness (QED) is 0.869. The van der Waals surface area contributed by atoms with Crippen molar-refractivity contribution in [2.45, 2.75) is 26.7 Å². The van der Waals surface area contributed by atoms with E-state index >= 15 is 0 Å². The Morgan fingerprint density at radius 1 is 1.23 bits per heavy atom. The minimum atomic E-state index is -0.0598. The molecule has 0 unspecified atom stereocenters. The van der Waals surface area contributed by atoms with Crippen LogP contribution >= 0.6 is 11.6 Å². The Kier molecular flexibility index (Phi) is 3.79. The third kappa shape index (κ3) is 2.44. The van der Waals surface area contributed by atoms with Gasteiger partial charge >= 0.3 is 0 Å². The van der Waals surface area contributed by atoms with Gasteiger partial charge in [-0.15, -0.1) is 0 Å². The Hall–Kier alpha value is -2.06. The molecular weight excluding hydrogens is 296 g/mol. The van der Waals surface area contributed by atoms with Crippen LogP contribution in [0.1, 0.15) is 39.5 Å². The first-order chi connectivity index (χ1) is 10.5. The van der Waals surface area contributed by atoms with Crippen LogP contribution in [0.2, 0.25) is 5.02 Å². The molecule has 112 valence electrons. The van der Waals surface area contributed by atoms with Crippen molar-refractivity contribution in [1.82, 2.24) is 0 Å².